The number of nitrogens with zero attached hydrogens (tertiary/aromatic N) is 1. The summed E-state index contributed by atoms with van der Waals surface area (Å²) in [5.41, 5.74) is 5.71. The van der Waals surface area contributed by atoms with Crippen molar-refractivity contribution in [1.82, 2.24) is 15.5 Å². The molecule has 0 spiro atoms. The van der Waals surface area contributed by atoms with Crippen molar-refractivity contribution in [2.24, 2.45) is 0 Å². The van der Waals surface area contributed by atoms with Gasteiger partial charge in [0.25, 0.3) is 11.8 Å². The van der Waals surface area contributed by atoms with Crippen LogP contribution in [0.2, 0.25) is 0 Å². The van der Waals surface area contributed by atoms with Crippen LogP contribution in [0.1, 0.15) is 22.3 Å². The lowest BCUT2D eigenvalue weighted by molar-refractivity contribution is -0.117. The molecular weight excluding hydrogens is 378 g/mol. The van der Waals surface area contributed by atoms with Gasteiger partial charge in [0.1, 0.15) is 0 Å². The molecule has 2 aliphatic rings. The van der Waals surface area contributed by atoms with E-state index in [0.717, 1.165) is 28.8 Å². The monoisotopic (exact) mass is 403 g/mol. The molecule has 6 heteroatoms. The van der Waals surface area contributed by atoms with E-state index in [-0.39, 0.29) is 11.8 Å². The fourth-order valence-corrected chi connectivity index (χ4v) is 3.54. The average molecular weight is 403 g/mol. The Morgan fingerprint density at radius 2 is 1.30 bits per heavy atom. The van der Waals surface area contributed by atoms with Crippen LogP contribution in [-0.4, -0.2) is 44.0 Å². The second-order valence-electron chi connectivity index (χ2n) is 7.83. The van der Waals surface area contributed by atoms with E-state index in [1.807, 2.05) is 69.6 Å². The van der Waals surface area contributed by atoms with E-state index in [1.54, 1.807) is 0 Å². The summed E-state index contributed by atoms with van der Waals surface area (Å²) in [5.74, 6) is -0.518. The van der Waals surface area contributed by atoms with Gasteiger partial charge < -0.3 is 20.3 Å². The molecule has 2 aromatic carbocycles. The van der Waals surface area contributed by atoms with Gasteiger partial charge in [-0.05, 0) is 37.7 Å². The zero-order chi connectivity index (χ0) is 21.3. The molecular formula is C24H25N3O3. The molecule has 0 bridgehead atoms. The van der Waals surface area contributed by atoms with Crippen LogP contribution in [0, 0.1) is 6.92 Å². The van der Waals surface area contributed by atoms with E-state index < -0.39 is 0 Å². The molecule has 0 aromatic heterocycles. The molecule has 154 valence electrons. The molecule has 0 saturated heterocycles. The highest BCUT2D eigenvalue weighted by Gasteiger charge is 2.40. The smallest absolute Gasteiger partial charge is 0.258 e. The predicted molar refractivity (Wildman–Crippen MR) is 116 cm³/mol. The number of carbonyl (C=O) groups excluding carboxylic acids is 2. The first-order valence-corrected chi connectivity index (χ1v) is 9.94. The fourth-order valence-electron chi connectivity index (χ4n) is 3.54. The lowest BCUT2D eigenvalue weighted by atomic mass is 10.0. The maximum atomic E-state index is 12.7. The topological polar surface area (TPSA) is 70.7 Å². The minimum absolute atomic E-state index is 0.259. The molecule has 0 aliphatic carbocycles. The van der Waals surface area contributed by atoms with Crippen LogP contribution in [0.15, 0.2) is 59.7 Å². The number of hydrogen-bond acceptors (Lipinski definition) is 4. The number of fused-ring (bicyclic) bond motifs is 1. The Hall–Kier alpha value is -3.22. The number of amides is 2. The molecule has 0 saturated carbocycles. The SMILES string of the molecule is Cc1ccc(C2=C3C(=O)NC(c4ccc(COCCN(C)C)cc4)=C3C(=O)N2)cc1. The van der Waals surface area contributed by atoms with Crippen molar-refractivity contribution in [3.05, 3.63) is 81.9 Å². The summed E-state index contributed by atoms with van der Waals surface area (Å²) in [6.45, 7) is 4.05. The summed E-state index contributed by atoms with van der Waals surface area (Å²) < 4.78 is 5.68. The molecule has 2 N–H and O–H groups in total. The maximum Gasteiger partial charge on any atom is 0.258 e. The maximum absolute atomic E-state index is 12.7. The van der Waals surface area contributed by atoms with Gasteiger partial charge in [-0.25, -0.2) is 0 Å². The van der Waals surface area contributed by atoms with Gasteiger partial charge >= 0.3 is 0 Å². The first-order valence-electron chi connectivity index (χ1n) is 9.94. The van der Waals surface area contributed by atoms with Crippen LogP contribution >= 0.6 is 0 Å². The Balaban J connectivity index is 1.59. The Kier molecular flexibility index (Phi) is 5.53. The number of likely N-dealkylation sites (N-methyl/N-ethyl adjacent to an activating group) is 1. The summed E-state index contributed by atoms with van der Waals surface area (Å²) in [4.78, 5) is 27.5. The molecule has 2 heterocycles. The molecule has 2 aliphatic heterocycles. The fraction of sp³-hybridized carbons (Fsp3) is 0.250. The van der Waals surface area contributed by atoms with Gasteiger partial charge in [-0.2, -0.15) is 0 Å². The van der Waals surface area contributed by atoms with Crippen LogP contribution in [0.4, 0.5) is 0 Å². The minimum atomic E-state index is -0.259. The quantitative estimate of drug-likeness (QED) is 0.697. The zero-order valence-electron chi connectivity index (χ0n) is 17.4. The predicted octanol–water partition coefficient (Wildman–Crippen LogP) is 2.46. The molecule has 2 amide bonds. The lowest BCUT2D eigenvalue weighted by Gasteiger charge is -2.11. The first kappa shape index (κ1) is 20.1. The zero-order valence-corrected chi connectivity index (χ0v) is 17.4. The highest BCUT2D eigenvalue weighted by Crippen LogP contribution is 2.37. The number of rotatable bonds is 7. The molecule has 0 radical (unpaired) electrons. The van der Waals surface area contributed by atoms with Crippen molar-refractivity contribution < 1.29 is 14.3 Å². The highest BCUT2D eigenvalue weighted by atomic mass is 16.5. The number of benzene rings is 2. The first-order chi connectivity index (χ1) is 14.4. The van der Waals surface area contributed by atoms with Gasteiger partial charge in [0.2, 0.25) is 0 Å². The van der Waals surface area contributed by atoms with Gasteiger partial charge in [-0.3, -0.25) is 9.59 Å². The van der Waals surface area contributed by atoms with Crippen LogP contribution in [-0.2, 0) is 20.9 Å². The van der Waals surface area contributed by atoms with Crippen molar-refractivity contribution in [2.75, 3.05) is 27.2 Å². The van der Waals surface area contributed by atoms with Crippen molar-refractivity contribution in [1.29, 1.82) is 0 Å². The van der Waals surface area contributed by atoms with Crippen LogP contribution < -0.4 is 10.6 Å². The van der Waals surface area contributed by atoms with Gasteiger partial charge in [0, 0.05) is 6.54 Å². The Morgan fingerprint density at radius 1 is 0.800 bits per heavy atom. The summed E-state index contributed by atoms with van der Waals surface area (Å²) in [6.07, 6.45) is 0. The number of nitrogens with one attached hydrogen (secondary N) is 2. The molecule has 0 unspecified atom stereocenters. The second kappa shape index (κ2) is 8.26. The minimum Gasteiger partial charge on any atom is -0.375 e. The van der Waals surface area contributed by atoms with E-state index in [2.05, 4.69) is 15.5 Å². The van der Waals surface area contributed by atoms with E-state index in [1.165, 1.54) is 0 Å². The van der Waals surface area contributed by atoms with Crippen molar-refractivity contribution in [3.63, 3.8) is 0 Å². The number of hydrogen-bond donors (Lipinski definition) is 2. The van der Waals surface area contributed by atoms with Gasteiger partial charge in [-0.15, -0.1) is 0 Å². The Labute approximate surface area is 176 Å². The standard InChI is InChI=1S/C24H25N3O3/c1-15-4-8-17(9-5-15)21-19-20(24(29)25-21)22(26-23(19)28)18-10-6-16(7-11-18)14-30-13-12-27(2)3/h4-11H,12-14H2,1-3H3,(H,25,29)(H,26,28). The lowest BCUT2D eigenvalue weighted by Crippen LogP contribution is -2.21. The normalized spacial score (nSPS) is 15.7. The van der Waals surface area contributed by atoms with Gasteiger partial charge in [0.05, 0.1) is 35.8 Å². The second-order valence-corrected chi connectivity index (χ2v) is 7.83. The van der Waals surface area contributed by atoms with E-state index >= 15 is 0 Å². The van der Waals surface area contributed by atoms with Crippen LogP contribution in [0.25, 0.3) is 11.4 Å². The highest BCUT2D eigenvalue weighted by molar-refractivity contribution is 6.30. The molecule has 0 atom stereocenters. The van der Waals surface area contributed by atoms with Gasteiger partial charge in [0.15, 0.2) is 0 Å². The number of carbonyl (C=O) groups is 2. The molecule has 30 heavy (non-hydrogen) atoms. The van der Waals surface area contributed by atoms with Crippen molar-refractivity contribution in [2.45, 2.75) is 13.5 Å². The molecule has 6 nitrogen and oxygen atoms in total. The molecule has 4 rings (SSSR count). The summed E-state index contributed by atoms with van der Waals surface area (Å²) >= 11 is 0. The number of aryl methyl sites for hydroxylation is 1. The Bertz CT molecular complexity index is 1050. The summed E-state index contributed by atoms with van der Waals surface area (Å²) in [6, 6.07) is 15.5. The summed E-state index contributed by atoms with van der Waals surface area (Å²) in [7, 11) is 4.02. The largest absolute Gasteiger partial charge is 0.375 e. The third-order valence-electron chi connectivity index (χ3n) is 5.22. The Morgan fingerprint density at radius 3 is 1.80 bits per heavy atom. The summed E-state index contributed by atoms with van der Waals surface area (Å²) in [5, 5.41) is 5.76. The van der Waals surface area contributed by atoms with E-state index in [9.17, 15) is 9.59 Å². The third-order valence-corrected chi connectivity index (χ3v) is 5.22. The average Bonchev–Trinajstić information content (AvgIpc) is 3.25. The van der Waals surface area contributed by atoms with Gasteiger partial charge in [-0.1, -0.05) is 54.1 Å². The molecule has 2 aromatic rings. The number of ether oxygens (including phenoxy) is 1. The van der Waals surface area contributed by atoms with E-state index in [4.69, 9.17) is 4.74 Å². The van der Waals surface area contributed by atoms with Crippen LogP contribution in [0.3, 0.4) is 0 Å². The van der Waals surface area contributed by atoms with Crippen LogP contribution in [0.5, 0.6) is 0 Å². The third kappa shape index (κ3) is 3.92. The van der Waals surface area contributed by atoms with E-state index in [0.29, 0.717) is 35.8 Å². The molecule has 0 fully saturated rings. The van der Waals surface area contributed by atoms with Crippen molar-refractivity contribution >= 4 is 23.2 Å². The van der Waals surface area contributed by atoms with Crippen molar-refractivity contribution in [3.8, 4) is 0 Å².